The van der Waals surface area contributed by atoms with Crippen LogP contribution in [-0.2, 0) is 6.18 Å². The minimum absolute atomic E-state index is 0.0247. The van der Waals surface area contributed by atoms with Crippen LogP contribution in [0.5, 0.6) is 0 Å². The molecule has 0 aromatic carbocycles. The predicted molar refractivity (Wildman–Crippen MR) is 41.6 cm³/mol. The van der Waals surface area contributed by atoms with Crippen LogP contribution in [0.1, 0.15) is 5.56 Å². The molecule has 72 valence electrons. The monoisotopic (exact) mass is 211 g/mol. The fourth-order valence-corrected chi connectivity index (χ4v) is 0.897. The molecule has 1 rings (SSSR count). The van der Waals surface area contributed by atoms with Crippen molar-refractivity contribution in [3.05, 3.63) is 16.8 Å². The molecule has 0 spiro atoms. The first-order chi connectivity index (χ1) is 5.95. The van der Waals surface area contributed by atoms with Crippen molar-refractivity contribution in [1.82, 2.24) is 10.2 Å². The van der Waals surface area contributed by atoms with Crippen molar-refractivity contribution in [2.24, 2.45) is 0 Å². The first kappa shape index (κ1) is 10.0. The number of alkyl halides is 3. The van der Waals surface area contributed by atoms with Gasteiger partial charge >= 0.3 is 6.18 Å². The first-order valence-electron chi connectivity index (χ1n) is 3.23. The predicted octanol–water partition coefficient (Wildman–Crippen LogP) is 2.19. The lowest BCUT2D eigenvalue weighted by atomic mass is 10.3. The summed E-state index contributed by atoms with van der Waals surface area (Å²) in [5, 5.41) is 8.31. The molecule has 0 atom stereocenters. The van der Waals surface area contributed by atoms with E-state index in [4.69, 9.17) is 11.6 Å². The van der Waals surface area contributed by atoms with E-state index in [2.05, 4.69) is 15.5 Å². The van der Waals surface area contributed by atoms with Gasteiger partial charge in [-0.1, -0.05) is 11.6 Å². The number of rotatable bonds is 1. The Hall–Kier alpha value is -1.04. The molecule has 0 saturated carbocycles. The molecule has 0 saturated heterocycles. The van der Waals surface area contributed by atoms with Crippen molar-refractivity contribution < 1.29 is 13.2 Å². The van der Waals surface area contributed by atoms with E-state index in [-0.39, 0.29) is 5.82 Å². The average molecular weight is 212 g/mol. The van der Waals surface area contributed by atoms with Gasteiger partial charge in [0.2, 0.25) is 0 Å². The van der Waals surface area contributed by atoms with Crippen LogP contribution >= 0.6 is 11.6 Å². The third-order valence-corrected chi connectivity index (χ3v) is 1.59. The lowest BCUT2D eigenvalue weighted by molar-refractivity contribution is -0.137. The van der Waals surface area contributed by atoms with Gasteiger partial charge in [-0.3, -0.25) is 0 Å². The molecule has 0 radical (unpaired) electrons. The molecule has 0 fully saturated rings. The molecule has 1 aromatic heterocycles. The van der Waals surface area contributed by atoms with Gasteiger partial charge in [0.1, 0.15) is 5.82 Å². The Morgan fingerprint density at radius 1 is 1.38 bits per heavy atom. The number of anilines is 1. The van der Waals surface area contributed by atoms with Crippen molar-refractivity contribution >= 4 is 17.4 Å². The molecular weight excluding hydrogens is 207 g/mol. The Labute approximate surface area is 76.9 Å². The van der Waals surface area contributed by atoms with E-state index in [1.54, 1.807) is 0 Å². The molecule has 3 nitrogen and oxygen atoms in total. The van der Waals surface area contributed by atoms with Crippen LogP contribution in [-0.4, -0.2) is 17.2 Å². The van der Waals surface area contributed by atoms with Gasteiger partial charge in [0.15, 0.2) is 5.15 Å². The van der Waals surface area contributed by atoms with E-state index in [1.807, 2.05) is 0 Å². The summed E-state index contributed by atoms with van der Waals surface area (Å²) >= 11 is 5.22. The summed E-state index contributed by atoms with van der Waals surface area (Å²) in [6.07, 6.45) is -4.50. The van der Waals surface area contributed by atoms with Crippen LogP contribution in [0.4, 0.5) is 19.0 Å². The van der Waals surface area contributed by atoms with Gasteiger partial charge in [-0.2, -0.15) is 13.2 Å². The van der Waals surface area contributed by atoms with Gasteiger partial charge < -0.3 is 5.32 Å². The lowest BCUT2D eigenvalue weighted by Crippen LogP contribution is -2.09. The highest BCUT2D eigenvalue weighted by molar-refractivity contribution is 6.30. The molecule has 13 heavy (non-hydrogen) atoms. The summed E-state index contributed by atoms with van der Waals surface area (Å²) in [5.74, 6) is 0.0247. The number of hydrogen-bond acceptors (Lipinski definition) is 3. The third kappa shape index (κ3) is 2.21. The fourth-order valence-electron chi connectivity index (χ4n) is 0.698. The van der Waals surface area contributed by atoms with Crippen LogP contribution in [0.25, 0.3) is 0 Å². The summed E-state index contributed by atoms with van der Waals surface area (Å²) in [7, 11) is 1.44. The Balaban J connectivity index is 3.19. The van der Waals surface area contributed by atoms with E-state index in [9.17, 15) is 13.2 Å². The second-order valence-electron chi connectivity index (χ2n) is 2.18. The van der Waals surface area contributed by atoms with Crippen LogP contribution in [0.15, 0.2) is 6.07 Å². The highest BCUT2D eigenvalue weighted by atomic mass is 35.5. The van der Waals surface area contributed by atoms with Crippen molar-refractivity contribution in [2.45, 2.75) is 6.18 Å². The van der Waals surface area contributed by atoms with Crippen LogP contribution < -0.4 is 5.32 Å². The molecule has 0 aliphatic heterocycles. The molecule has 1 N–H and O–H groups in total. The summed E-state index contributed by atoms with van der Waals surface area (Å²) in [6, 6.07) is 0.801. The summed E-state index contributed by atoms with van der Waals surface area (Å²) in [5.41, 5.74) is -0.992. The number of aromatic nitrogens is 2. The highest BCUT2D eigenvalue weighted by Crippen LogP contribution is 2.33. The molecule has 0 bridgehead atoms. The normalized spacial score (nSPS) is 11.5. The van der Waals surface area contributed by atoms with Crippen LogP contribution in [0, 0.1) is 0 Å². The number of halogens is 4. The van der Waals surface area contributed by atoms with E-state index in [0.717, 1.165) is 6.07 Å². The zero-order valence-electron chi connectivity index (χ0n) is 6.48. The Morgan fingerprint density at radius 2 is 2.00 bits per heavy atom. The van der Waals surface area contributed by atoms with Gasteiger partial charge in [-0.25, -0.2) is 0 Å². The molecule has 7 heteroatoms. The molecule has 1 aromatic rings. The topological polar surface area (TPSA) is 37.8 Å². The second-order valence-corrected chi connectivity index (χ2v) is 2.54. The zero-order valence-corrected chi connectivity index (χ0v) is 7.24. The zero-order chi connectivity index (χ0) is 10.1. The fraction of sp³-hybridized carbons (Fsp3) is 0.333. The van der Waals surface area contributed by atoms with Gasteiger partial charge in [0.05, 0.1) is 5.56 Å². The summed E-state index contributed by atoms with van der Waals surface area (Å²) in [4.78, 5) is 0. The minimum Gasteiger partial charge on any atom is -0.372 e. The first-order valence-corrected chi connectivity index (χ1v) is 3.61. The molecule has 0 unspecified atom stereocenters. The molecule has 0 aliphatic rings. The van der Waals surface area contributed by atoms with E-state index in [0.29, 0.717) is 0 Å². The summed E-state index contributed by atoms with van der Waals surface area (Å²) in [6.45, 7) is 0. The maximum Gasteiger partial charge on any atom is 0.419 e. The van der Waals surface area contributed by atoms with Crippen molar-refractivity contribution in [1.29, 1.82) is 0 Å². The van der Waals surface area contributed by atoms with Gasteiger partial charge in [-0.05, 0) is 6.07 Å². The Morgan fingerprint density at radius 3 is 2.46 bits per heavy atom. The van der Waals surface area contributed by atoms with E-state index >= 15 is 0 Å². The van der Waals surface area contributed by atoms with Crippen molar-refractivity contribution in [2.75, 3.05) is 12.4 Å². The Bertz CT molecular complexity index is 312. The van der Waals surface area contributed by atoms with Crippen molar-refractivity contribution in [3.8, 4) is 0 Å². The van der Waals surface area contributed by atoms with E-state index in [1.165, 1.54) is 7.05 Å². The minimum atomic E-state index is -4.50. The highest BCUT2D eigenvalue weighted by Gasteiger charge is 2.34. The molecule has 0 aliphatic carbocycles. The largest absolute Gasteiger partial charge is 0.419 e. The molecular formula is C6H5ClF3N3. The van der Waals surface area contributed by atoms with Crippen LogP contribution in [0.3, 0.4) is 0 Å². The van der Waals surface area contributed by atoms with E-state index < -0.39 is 16.9 Å². The van der Waals surface area contributed by atoms with Crippen molar-refractivity contribution in [3.63, 3.8) is 0 Å². The standard InChI is InChI=1S/C6H5ClF3N3/c1-11-4-2-3(6(8,9)10)5(7)13-12-4/h2H,1H3,(H,11,12). The van der Waals surface area contributed by atoms with Gasteiger partial charge in [0.25, 0.3) is 0 Å². The number of nitrogens with zero attached hydrogens (tertiary/aromatic N) is 2. The maximum atomic E-state index is 12.2. The maximum absolute atomic E-state index is 12.2. The smallest absolute Gasteiger partial charge is 0.372 e. The average Bonchev–Trinajstić information content (AvgIpc) is 2.03. The number of nitrogens with one attached hydrogen (secondary N) is 1. The SMILES string of the molecule is CNc1cc(C(F)(F)F)c(Cl)nn1. The van der Waals surface area contributed by atoms with Crippen LogP contribution in [0.2, 0.25) is 5.15 Å². The summed E-state index contributed by atoms with van der Waals surface area (Å²) < 4.78 is 36.6. The number of hydrogen-bond donors (Lipinski definition) is 1. The quantitative estimate of drug-likeness (QED) is 0.774. The third-order valence-electron chi connectivity index (χ3n) is 1.31. The second kappa shape index (κ2) is 3.37. The Kier molecular flexibility index (Phi) is 2.60. The molecule has 1 heterocycles. The van der Waals surface area contributed by atoms with Gasteiger partial charge in [-0.15, -0.1) is 10.2 Å². The van der Waals surface area contributed by atoms with Gasteiger partial charge in [0, 0.05) is 7.05 Å². The molecule has 0 amide bonds. The lowest BCUT2D eigenvalue weighted by Gasteiger charge is -2.08.